The number of carbonyl (C=O) groups is 1. The first-order chi connectivity index (χ1) is 9.40. The fourth-order valence-corrected chi connectivity index (χ4v) is 2.24. The number of Topliss-reactive ketones (excluding diaryl/α,β-unsaturated/α-hetero) is 1. The number of benzene rings is 2. The quantitative estimate of drug-likeness (QED) is 0.745. The molecule has 2 aromatic carbocycles. The van der Waals surface area contributed by atoms with Crippen molar-refractivity contribution in [2.24, 2.45) is 0 Å². The lowest BCUT2D eigenvalue weighted by Gasteiger charge is -2.08. The summed E-state index contributed by atoms with van der Waals surface area (Å²) >= 11 is 3.18. The van der Waals surface area contributed by atoms with Gasteiger partial charge in [0.15, 0.2) is 5.78 Å². The Balaban J connectivity index is 2.38. The maximum atomic E-state index is 13.8. The van der Waals surface area contributed by atoms with E-state index in [2.05, 4.69) is 15.9 Å². The smallest absolute Gasteiger partial charge is 0.173 e. The summed E-state index contributed by atoms with van der Waals surface area (Å²) in [5, 5.41) is 0. The Bertz CT molecular complexity index is 683. The van der Waals surface area contributed by atoms with Gasteiger partial charge in [-0.25, -0.2) is 13.2 Å². The molecule has 0 aliphatic carbocycles. The van der Waals surface area contributed by atoms with Crippen LogP contribution in [0, 0.1) is 24.4 Å². The summed E-state index contributed by atoms with van der Waals surface area (Å²) in [7, 11) is 0. The Morgan fingerprint density at radius 1 is 1.15 bits per heavy atom. The number of hydrogen-bond donors (Lipinski definition) is 0. The molecule has 0 aromatic heterocycles. The lowest BCUT2D eigenvalue weighted by atomic mass is 10.00. The van der Waals surface area contributed by atoms with E-state index in [1.807, 2.05) is 0 Å². The number of rotatable bonds is 3. The molecule has 104 valence electrons. The van der Waals surface area contributed by atoms with Crippen LogP contribution in [0.1, 0.15) is 21.5 Å². The third-order valence-corrected chi connectivity index (χ3v) is 3.70. The molecular weight excluding hydrogens is 333 g/mol. The maximum absolute atomic E-state index is 13.8. The van der Waals surface area contributed by atoms with E-state index in [1.165, 1.54) is 25.1 Å². The molecule has 0 aliphatic rings. The topological polar surface area (TPSA) is 17.1 Å². The molecule has 0 aliphatic heterocycles. The van der Waals surface area contributed by atoms with Gasteiger partial charge in [0, 0.05) is 10.9 Å². The van der Waals surface area contributed by atoms with Crippen molar-refractivity contribution in [2.75, 3.05) is 0 Å². The standard InChI is InChI=1S/C15H10BrF3O/c1-8-2-5-12(18)14(15(8)19)13(20)7-9-6-10(17)3-4-11(9)16/h2-6H,7H2,1H3. The Morgan fingerprint density at radius 2 is 1.85 bits per heavy atom. The SMILES string of the molecule is Cc1ccc(F)c(C(=O)Cc2cc(F)ccc2Br)c1F. The minimum Gasteiger partial charge on any atom is -0.294 e. The van der Waals surface area contributed by atoms with Crippen molar-refractivity contribution in [1.29, 1.82) is 0 Å². The third kappa shape index (κ3) is 2.93. The van der Waals surface area contributed by atoms with E-state index in [-0.39, 0.29) is 12.0 Å². The van der Waals surface area contributed by atoms with E-state index < -0.39 is 28.8 Å². The molecule has 5 heteroatoms. The highest BCUT2D eigenvalue weighted by Gasteiger charge is 2.20. The van der Waals surface area contributed by atoms with Crippen LogP contribution in [0.25, 0.3) is 0 Å². The van der Waals surface area contributed by atoms with Crippen LogP contribution in [0.15, 0.2) is 34.8 Å². The Kier molecular flexibility index (Phi) is 4.28. The lowest BCUT2D eigenvalue weighted by Crippen LogP contribution is -2.10. The minimum atomic E-state index is -0.911. The molecule has 0 atom stereocenters. The van der Waals surface area contributed by atoms with Gasteiger partial charge >= 0.3 is 0 Å². The fourth-order valence-electron chi connectivity index (χ4n) is 1.85. The molecule has 0 spiro atoms. The molecule has 2 aromatic rings. The van der Waals surface area contributed by atoms with E-state index in [0.717, 1.165) is 12.1 Å². The predicted molar refractivity (Wildman–Crippen MR) is 73.2 cm³/mol. The van der Waals surface area contributed by atoms with Gasteiger partial charge in [-0.2, -0.15) is 0 Å². The van der Waals surface area contributed by atoms with Crippen LogP contribution < -0.4 is 0 Å². The molecule has 1 nitrogen and oxygen atoms in total. The van der Waals surface area contributed by atoms with E-state index >= 15 is 0 Å². The predicted octanol–water partition coefficient (Wildman–Crippen LogP) is 4.60. The van der Waals surface area contributed by atoms with Crippen LogP contribution >= 0.6 is 15.9 Å². The summed E-state index contributed by atoms with van der Waals surface area (Å²) in [4.78, 5) is 12.0. The van der Waals surface area contributed by atoms with Crippen molar-refractivity contribution in [3.63, 3.8) is 0 Å². The zero-order chi connectivity index (χ0) is 14.9. The van der Waals surface area contributed by atoms with E-state index in [9.17, 15) is 18.0 Å². The molecule has 0 saturated heterocycles. The van der Waals surface area contributed by atoms with Crippen LogP contribution in [0.2, 0.25) is 0 Å². The van der Waals surface area contributed by atoms with Crippen molar-refractivity contribution in [3.05, 3.63) is 68.9 Å². The molecular formula is C15H10BrF3O. The lowest BCUT2D eigenvalue weighted by molar-refractivity contribution is 0.0984. The van der Waals surface area contributed by atoms with Gasteiger partial charge in [-0.1, -0.05) is 22.0 Å². The first-order valence-electron chi connectivity index (χ1n) is 5.82. The summed E-state index contributed by atoms with van der Waals surface area (Å²) in [6.07, 6.45) is -0.282. The molecule has 0 N–H and O–H groups in total. The van der Waals surface area contributed by atoms with Gasteiger partial charge in [0.25, 0.3) is 0 Å². The zero-order valence-corrected chi connectivity index (χ0v) is 12.1. The van der Waals surface area contributed by atoms with Crippen molar-refractivity contribution in [3.8, 4) is 0 Å². The largest absolute Gasteiger partial charge is 0.294 e. The average molecular weight is 343 g/mol. The second-order valence-electron chi connectivity index (χ2n) is 4.39. The second-order valence-corrected chi connectivity index (χ2v) is 5.24. The zero-order valence-electron chi connectivity index (χ0n) is 10.5. The molecule has 0 unspecified atom stereocenters. The highest BCUT2D eigenvalue weighted by Crippen LogP contribution is 2.22. The third-order valence-electron chi connectivity index (χ3n) is 2.92. The fraction of sp³-hybridized carbons (Fsp3) is 0.133. The van der Waals surface area contributed by atoms with Crippen molar-refractivity contribution >= 4 is 21.7 Å². The molecule has 0 heterocycles. The summed E-state index contributed by atoms with van der Waals surface area (Å²) in [6.45, 7) is 1.45. The van der Waals surface area contributed by atoms with Crippen LogP contribution in [0.3, 0.4) is 0 Å². The molecule has 20 heavy (non-hydrogen) atoms. The van der Waals surface area contributed by atoms with Crippen molar-refractivity contribution < 1.29 is 18.0 Å². The normalized spacial score (nSPS) is 10.7. The summed E-state index contributed by atoms with van der Waals surface area (Å²) in [5.74, 6) is -3.02. The summed E-state index contributed by atoms with van der Waals surface area (Å²) in [6, 6.07) is 6.15. The van der Waals surface area contributed by atoms with Gasteiger partial charge in [0.05, 0.1) is 5.56 Å². The molecule has 0 radical (unpaired) electrons. The number of hydrogen-bond acceptors (Lipinski definition) is 1. The first-order valence-corrected chi connectivity index (χ1v) is 6.61. The van der Waals surface area contributed by atoms with Crippen LogP contribution in [0.5, 0.6) is 0 Å². The molecule has 0 fully saturated rings. The Morgan fingerprint density at radius 3 is 2.55 bits per heavy atom. The molecule has 0 amide bonds. The Hall–Kier alpha value is -1.62. The van der Waals surface area contributed by atoms with Crippen molar-refractivity contribution in [2.45, 2.75) is 13.3 Å². The van der Waals surface area contributed by atoms with Gasteiger partial charge in [0.2, 0.25) is 0 Å². The summed E-state index contributed by atoms with van der Waals surface area (Å²) in [5.41, 5.74) is -0.0514. The number of carbonyl (C=O) groups excluding carboxylic acids is 1. The average Bonchev–Trinajstić information content (AvgIpc) is 2.39. The van der Waals surface area contributed by atoms with E-state index in [4.69, 9.17) is 0 Å². The first kappa shape index (κ1) is 14.8. The monoisotopic (exact) mass is 342 g/mol. The molecule has 2 rings (SSSR count). The molecule has 0 saturated carbocycles. The highest BCUT2D eigenvalue weighted by atomic mass is 79.9. The van der Waals surface area contributed by atoms with E-state index in [1.54, 1.807) is 0 Å². The van der Waals surface area contributed by atoms with E-state index in [0.29, 0.717) is 10.0 Å². The number of aryl methyl sites for hydroxylation is 1. The van der Waals surface area contributed by atoms with Crippen LogP contribution in [-0.4, -0.2) is 5.78 Å². The molecule has 0 bridgehead atoms. The minimum absolute atomic E-state index is 0.188. The van der Waals surface area contributed by atoms with Crippen LogP contribution in [0.4, 0.5) is 13.2 Å². The van der Waals surface area contributed by atoms with Crippen LogP contribution in [-0.2, 0) is 6.42 Å². The van der Waals surface area contributed by atoms with Gasteiger partial charge in [-0.05, 0) is 42.3 Å². The number of ketones is 1. The van der Waals surface area contributed by atoms with Gasteiger partial charge in [0.1, 0.15) is 17.5 Å². The Labute approximate surface area is 122 Å². The number of halogens is 4. The maximum Gasteiger partial charge on any atom is 0.173 e. The van der Waals surface area contributed by atoms with Gasteiger partial charge in [-0.15, -0.1) is 0 Å². The van der Waals surface area contributed by atoms with Gasteiger partial charge in [-0.3, -0.25) is 4.79 Å². The van der Waals surface area contributed by atoms with Crippen molar-refractivity contribution in [1.82, 2.24) is 0 Å². The highest BCUT2D eigenvalue weighted by molar-refractivity contribution is 9.10. The summed E-state index contributed by atoms with van der Waals surface area (Å²) < 4.78 is 41.1. The second kappa shape index (κ2) is 5.79. The van der Waals surface area contributed by atoms with Gasteiger partial charge < -0.3 is 0 Å².